The molecule has 0 atom stereocenters. The summed E-state index contributed by atoms with van der Waals surface area (Å²) < 4.78 is 1.28. The molecule has 1 aromatic heterocycles. The van der Waals surface area contributed by atoms with Crippen LogP contribution >= 0.6 is 0 Å². The topological polar surface area (TPSA) is 12.9 Å². The first kappa shape index (κ1) is 4.10. The second-order valence-corrected chi connectivity index (χ2v) is 3.36. The summed E-state index contributed by atoms with van der Waals surface area (Å²) in [6.07, 6.45) is 1.87. The molecule has 0 aliphatic carbocycles. The van der Waals surface area contributed by atoms with Crippen LogP contribution in [0.1, 0.15) is 4.57 Å². The first-order chi connectivity index (χ1) is 2.89. The van der Waals surface area contributed by atoms with E-state index in [9.17, 15) is 0 Å². The SMILES string of the molecule is Cc1ncc[se]1. The first-order valence-electron chi connectivity index (χ1n) is 1.75. The average Bonchev–Trinajstić information content (AvgIpc) is 1.86. The predicted molar refractivity (Wildman–Crippen MR) is 25.9 cm³/mol. The molecule has 0 aromatic carbocycles. The molecule has 1 heterocycles. The van der Waals surface area contributed by atoms with Crippen LogP contribution in [-0.2, 0) is 0 Å². The fraction of sp³-hybridized carbons (Fsp3) is 0.250. The van der Waals surface area contributed by atoms with Crippen LogP contribution < -0.4 is 0 Å². The molecule has 6 heavy (non-hydrogen) atoms. The summed E-state index contributed by atoms with van der Waals surface area (Å²) in [5, 5.41) is 0. The van der Waals surface area contributed by atoms with Gasteiger partial charge < -0.3 is 0 Å². The van der Waals surface area contributed by atoms with Crippen LogP contribution in [0.25, 0.3) is 0 Å². The first-order valence-corrected chi connectivity index (χ1v) is 3.60. The van der Waals surface area contributed by atoms with E-state index in [0.717, 1.165) is 0 Å². The number of nitrogens with zero attached hydrogens (tertiary/aromatic N) is 1. The van der Waals surface area contributed by atoms with Gasteiger partial charge in [-0.3, -0.25) is 0 Å². The molecule has 0 saturated heterocycles. The van der Waals surface area contributed by atoms with E-state index in [2.05, 4.69) is 16.8 Å². The Bertz CT molecular complexity index is 111. The summed E-state index contributed by atoms with van der Waals surface area (Å²) in [6, 6.07) is 0. The van der Waals surface area contributed by atoms with Crippen LogP contribution in [0, 0.1) is 6.92 Å². The van der Waals surface area contributed by atoms with E-state index in [0.29, 0.717) is 14.5 Å². The van der Waals surface area contributed by atoms with Gasteiger partial charge in [0.25, 0.3) is 0 Å². The van der Waals surface area contributed by atoms with Gasteiger partial charge in [0.1, 0.15) is 0 Å². The Morgan fingerprint density at radius 2 is 2.67 bits per heavy atom. The molecule has 0 aliphatic rings. The minimum atomic E-state index is 0.597. The zero-order valence-electron chi connectivity index (χ0n) is 3.51. The minimum absolute atomic E-state index is 0.597. The molecule has 0 aliphatic heterocycles. The second-order valence-electron chi connectivity index (χ2n) is 1.05. The Labute approximate surface area is 42.8 Å². The summed E-state index contributed by atoms with van der Waals surface area (Å²) in [5.74, 6) is 0. The van der Waals surface area contributed by atoms with Crippen molar-refractivity contribution in [2.45, 2.75) is 6.92 Å². The molecule has 1 rings (SSSR count). The van der Waals surface area contributed by atoms with Gasteiger partial charge in [0.15, 0.2) is 0 Å². The number of aromatic nitrogens is 1. The van der Waals surface area contributed by atoms with Crippen molar-refractivity contribution in [2.75, 3.05) is 0 Å². The van der Waals surface area contributed by atoms with E-state index in [1.807, 2.05) is 6.20 Å². The number of hydrogen-bond acceptors (Lipinski definition) is 1. The summed E-state index contributed by atoms with van der Waals surface area (Å²) >= 11 is 0.597. The molecule has 0 N–H and O–H groups in total. The molecule has 0 bridgehead atoms. The number of aryl methyl sites for hydroxylation is 1. The molecule has 0 saturated carbocycles. The van der Waals surface area contributed by atoms with Gasteiger partial charge in [-0.05, 0) is 0 Å². The third-order valence-electron chi connectivity index (χ3n) is 0.556. The van der Waals surface area contributed by atoms with E-state index < -0.39 is 0 Å². The molecule has 0 amide bonds. The van der Waals surface area contributed by atoms with Crippen molar-refractivity contribution in [3.8, 4) is 0 Å². The van der Waals surface area contributed by atoms with E-state index in [-0.39, 0.29) is 0 Å². The van der Waals surface area contributed by atoms with Crippen LogP contribution in [0.3, 0.4) is 0 Å². The van der Waals surface area contributed by atoms with Gasteiger partial charge in [-0.1, -0.05) is 0 Å². The molecule has 2 heteroatoms. The molecule has 0 spiro atoms. The van der Waals surface area contributed by atoms with Crippen LogP contribution in [0.5, 0.6) is 0 Å². The normalized spacial score (nSPS) is 8.83. The summed E-state index contributed by atoms with van der Waals surface area (Å²) in [4.78, 5) is 6.11. The summed E-state index contributed by atoms with van der Waals surface area (Å²) in [5.41, 5.74) is 0. The van der Waals surface area contributed by atoms with E-state index in [4.69, 9.17) is 0 Å². The fourth-order valence-corrected chi connectivity index (χ4v) is 1.22. The Kier molecular flexibility index (Phi) is 1.08. The maximum atomic E-state index is 4.00. The Morgan fingerprint density at radius 3 is 2.83 bits per heavy atom. The van der Waals surface area contributed by atoms with Crippen LogP contribution in [0.15, 0.2) is 11.1 Å². The summed E-state index contributed by atoms with van der Waals surface area (Å²) in [7, 11) is 0. The van der Waals surface area contributed by atoms with Crippen LogP contribution in [-0.4, -0.2) is 19.5 Å². The van der Waals surface area contributed by atoms with Crippen molar-refractivity contribution in [1.29, 1.82) is 0 Å². The molecule has 32 valence electrons. The van der Waals surface area contributed by atoms with Crippen molar-refractivity contribution >= 4 is 14.5 Å². The number of hydrogen-bond donors (Lipinski definition) is 0. The van der Waals surface area contributed by atoms with E-state index in [1.165, 1.54) is 4.57 Å². The predicted octanol–water partition coefficient (Wildman–Crippen LogP) is 0.447. The molecular formula is C4H5NSe. The third-order valence-corrected chi connectivity index (χ3v) is 2.03. The molecule has 1 nitrogen and oxygen atoms in total. The van der Waals surface area contributed by atoms with Gasteiger partial charge >= 0.3 is 42.1 Å². The van der Waals surface area contributed by atoms with Gasteiger partial charge in [0, 0.05) is 0 Å². The Balaban J connectivity index is 3.05. The fourth-order valence-electron chi connectivity index (χ4n) is 0.295. The molecule has 0 radical (unpaired) electrons. The zero-order valence-corrected chi connectivity index (χ0v) is 5.22. The summed E-state index contributed by atoms with van der Waals surface area (Å²) in [6.45, 7) is 2.06. The standard InChI is InChI=1S/C4H5NSe/c1-4-5-2-3-6-4/h2-3H,1H3. The molecule has 1 aromatic rings. The average molecular weight is 146 g/mol. The molecule has 0 unspecified atom stereocenters. The van der Waals surface area contributed by atoms with Gasteiger partial charge in [-0.25, -0.2) is 0 Å². The quantitative estimate of drug-likeness (QED) is 0.484. The monoisotopic (exact) mass is 147 g/mol. The van der Waals surface area contributed by atoms with Gasteiger partial charge in [0.2, 0.25) is 0 Å². The Hall–Kier alpha value is -0.0705. The Morgan fingerprint density at radius 1 is 1.83 bits per heavy atom. The third kappa shape index (κ3) is 0.702. The second kappa shape index (κ2) is 1.59. The van der Waals surface area contributed by atoms with Crippen molar-refractivity contribution in [3.05, 3.63) is 15.7 Å². The molecular weight excluding hydrogens is 141 g/mol. The van der Waals surface area contributed by atoms with Crippen LogP contribution in [0.4, 0.5) is 0 Å². The van der Waals surface area contributed by atoms with Crippen molar-refractivity contribution < 1.29 is 0 Å². The van der Waals surface area contributed by atoms with E-state index >= 15 is 0 Å². The zero-order chi connectivity index (χ0) is 4.41. The van der Waals surface area contributed by atoms with Gasteiger partial charge in [0.05, 0.1) is 0 Å². The maximum absolute atomic E-state index is 4.00. The van der Waals surface area contributed by atoms with E-state index in [1.54, 1.807) is 0 Å². The van der Waals surface area contributed by atoms with Gasteiger partial charge in [-0.2, -0.15) is 0 Å². The van der Waals surface area contributed by atoms with Crippen molar-refractivity contribution in [1.82, 2.24) is 4.98 Å². The molecule has 0 fully saturated rings. The number of rotatable bonds is 0. The van der Waals surface area contributed by atoms with Gasteiger partial charge in [-0.15, -0.1) is 0 Å². The van der Waals surface area contributed by atoms with Crippen LogP contribution in [0.2, 0.25) is 0 Å². The van der Waals surface area contributed by atoms with Crippen molar-refractivity contribution in [2.24, 2.45) is 0 Å². The van der Waals surface area contributed by atoms with Crippen molar-refractivity contribution in [3.63, 3.8) is 0 Å².